The van der Waals surface area contributed by atoms with Crippen molar-refractivity contribution in [1.82, 2.24) is 10.3 Å². The molecule has 0 saturated heterocycles. The number of benzene rings is 3. The summed E-state index contributed by atoms with van der Waals surface area (Å²) in [7, 11) is 0. The highest BCUT2D eigenvalue weighted by molar-refractivity contribution is 7.80. The first-order chi connectivity index (χ1) is 17.2. The molecule has 0 aliphatic rings. The standard InChI is InChI=1S/C28H28ClN3O3S/c1-5-17(4)18-10-12-25-24(14-18)30-27(35-25)20-9-11-22(29)23(15-20)31-28(36)32-26(33)19-7-6-8-21(13-19)34-16(2)3/h6-17H,5H2,1-4H3,(H2,31,32,33,36)/t17-/m1/s1. The van der Waals surface area contributed by atoms with Crippen molar-refractivity contribution in [3.8, 4) is 17.2 Å². The number of rotatable bonds is 7. The number of ether oxygens (including phenoxy) is 1. The normalized spacial score (nSPS) is 11.9. The summed E-state index contributed by atoms with van der Waals surface area (Å²) in [6, 6.07) is 18.4. The predicted octanol–water partition coefficient (Wildman–Crippen LogP) is 7.58. The second-order valence-electron chi connectivity index (χ2n) is 8.85. The second kappa shape index (κ2) is 11.1. The highest BCUT2D eigenvalue weighted by Gasteiger charge is 2.15. The van der Waals surface area contributed by atoms with Gasteiger partial charge in [0.25, 0.3) is 5.91 Å². The zero-order valence-corrected chi connectivity index (χ0v) is 22.2. The monoisotopic (exact) mass is 521 g/mol. The van der Waals surface area contributed by atoms with Gasteiger partial charge in [-0.05, 0) is 92.5 Å². The number of halogens is 1. The molecule has 2 N–H and O–H groups in total. The van der Waals surface area contributed by atoms with E-state index in [1.54, 1.807) is 36.4 Å². The van der Waals surface area contributed by atoms with Crippen LogP contribution in [-0.2, 0) is 0 Å². The number of amides is 1. The Hall–Kier alpha value is -3.42. The van der Waals surface area contributed by atoms with Gasteiger partial charge in [0.1, 0.15) is 11.3 Å². The number of nitrogens with one attached hydrogen (secondary N) is 2. The summed E-state index contributed by atoms with van der Waals surface area (Å²) < 4.78 is 11.6. The lowest BCUT2D eigenvalue weighted by atomic mass is 9.98. The molecule has 0 fully saturated rings. The van der Waals surface area contributed by atoms with Gasteiger partial charge in [-0.15, -0.1) is 0 Å². The summed E-state index contributed by atoms with van der Waals surface area (Å²) in [6.07, 6.45) is 1.06. The topological polar surface area (TPSA) is 76.4 Å². The molecule has 1 heterocycles. The number of carbonyl (C=O) groups is 1. The molecule has 4 rings (SSSR count). The first-order valence-electron chi connectivity index (χ1n) is 11.8. The Bertz CT molecular complexity index is 1420. The van der Waals surface area contributed by atoms with E-state index in [2.05, 4.69) is 41.6 Å². The quantitative estimate of drug-likeness (QED) is 0.244. The lowest BCUT2D eigenvalue weighted by molar-refractivity contribution is 0.0977. The SMILES string of the molecule is CC[C@@H](C)c1ccc2oc(-c3ccc(Cl)c(NC(=S)NC(=O)c4cccc(OC(C)C)c4)c3)nc2c1. The number of nitrogens with zero attached hydrogens (tertiary/aromatic N) is 1. The number of oxazole rings is 1. The van der Waals surface area contributed by atoms with Gasteiger partial charge in [-0.3, -0.25) is 10.1 Å². The van der Waals surface area contributed by atoms with Crippen molar-refractivity contribution in [2.75, 3.05) is 5.32 Å². The molecule has 0 saturated carbocycles. The molecule has 0 spiro atoms. The fourth-order valence-corrected chi connectivity index (χ4v) is 4.04. The molecule has 1 aromatic heterocycles. The molecule has 4 aromatic rings. The molecule has 36 heavy (non-hydrogen) atoms. The van der Waals surface area contributed by atoms with E-state index in [1.807, 2.05) is 26.0 Å². The van der Waals surface area contributed by atoms with E-state index in [0.29, 0.717) is 39.4 Å². The summed E-state index contributed by atoms with van der Waals surface area (Å²) >= 11 is 11.8. The minimum Gasteiger partial charge on any atom is -0.491 e. The third-order valence-corrected chi connectivity index (χ3v) is 6.28. The molecule has 0 radical (unpaired) electrons. The fourth-order valence-electron chi connectivity index (χ4n) is 3.68. The van der Waals surface area contributed by atoms with Gasteiger partial charge >= 0.3 is 0 Å². The van der Waals surface area contributed by atoms with Crippen LogP contribution >= 0.6 is 23.8 Å². The van der Waals surface area contributed by atoms with Crippen molar-refractivity contribution in [2.24, 2.45) is 0 Å². The van der Waals surface area contributed by atoms with Crippen LogP contribution in [0, 0.1) is 0 Å². The summed E-state index contributed by atoms with van der Waals surface area (Å²) in [4.78, 5) is 17.4. The zero-order chi connectivity index (χ0) is 25.8. The Balaban J connectivity index is 1.50. The maximum Gasteiger partial charge on any atom is 0.257 e. The molecule has 0 aliphatic heterocycles. The van der Waals surface area contributed by atoms with Gasteiger partial charge in [-0.25, -0.2) is 4.98 Å². The Labute approximate surface area is 221 Å². The van der Waals surface area contributed by atoms with Gasteiger partial charge in [-0.2, -0.15) is 0 Å². The molecule has 3 aromatic carbocycles. The Kier molecular flexibility index (Phi) is 7.91. The van der Waals surface area contributed by atoms with Crippen LogP contribution in [0.1, 0.15) is 56.0 Å². The number of aromatic nitrogens is 1. The van der Waals surface area contributed by atoms with Crippen molar-refractivity contribution in [1.29, 1.82) is 0 Å². The molecule has 0 unspecified atom stereocenters. The minimum atomic E-state index is -0.356. The first kappa shape index (κ1) is 25.7. The van der Waals surface area contributed by atoms with Crippen LogP contribution in [-0.4, -0.2) is 22.1 Å². The zero-order valence-electron chi connectivity index (χ0n) is 20.6. The molecule has 6 nitrogen and oxygen atoms in total. The molecule has 0 bridgehead atoms. The highest BCUT2D eigenvalue weighted by atomic mass is 35.5. The van der Waals surface area contributed by atoms with E-state index in [1.165, 1.54) is 5.56 Å². The predicted molar refractivity (Wildman–Crippen MR) is 149 cm³/mol. The molecule has 8 heteroatoms. The largest absolute Gasteiger partial charge is 0.491 e. The summed E-state index contributed by atoms with van der Waals surface area (Å²) in [5.41, 5.74) is 4.44. The Morgan fingerprint density at radius 3 is 2.67 bits per heavy atom. The number of hydrogen-bond acceptors (Lipinski definition) is 5. The van der Waals surface area contributed by atoms with E-state index in [-0.39, 0.29) is 17.1 Å². The van der Waals surface area contributed by atoms with Crippen LogP contribution in [0.4, 0.5) is 5.69 Å². The average molecular weight is 522 g/mol. The molecular formula is C28H28ClN3O3S. The van der Waals surface area contributed by atoms with E-state index in [0.717, 1.165) is 17.5 Å². The third kappa shape index (κ3) is 6.04. The van der Waals surface area contributed by atoms with Crippen LogP contribution in [0.2, 0.25) is 5.02 Å². The second-order valence-corrected chi connectivity index (χ2v) is 9.67. The Morgan fingerprint density at radius 1 is 1.11 bits per heavy atom. The number of anilines is 1. The number of fused-ring (bicyclic) bond motifs is 1. The van der Waals surface area contributed by atoms with Crippen LogP contribution in [0.25, 0.3) is 22.6 Å². The van der Waals surface area contributed by atoms with Gasteiger partial charge in [-0.1, -0.05) is 37.6 Å². The summed E-state index contributed by atoms with van der Waals surface area (Å²) in [5, 5.41) is 6.24. The van der Waals surface area contributed by atoms with Gasteiger partial charge in [0, 0.05) is 11.1 Å². The molecular weight excluding hydrogens is 494 g/mol. The van der Waals surface area contributed by atoms with Crippen LogP contribution in [0.15, 0.2) is 65.1 Å². The first-order valence-corrected chi connectivity index (χ1v) is 12.6. The van der Waals surface area contributed by atoms with Crippen molar-refractivity contribution in [3.63, 3.8) is 0 Å². The van der Waals surface area contributed by atoms with Crippen molar-refractivity contribution in [3.05, 3.63) is 76.8 Å². The Morgan fingerprint density at radius 2 is 1.92 bits per heavy atom. The van der Waals surface area contributed by atoms with Crippen molar-refractivity contribution in [2.45, 2.75) is 46.1 Å². The van der Waals surface area contributed by atoms with E-state index in [4.69, 9.17) is 33.0 Å². The molecule has 1 atom stereocenters. The average Bonchev–Trinajstić information content (AvgIpc) is 3.28. The lowest BCUT2D eigenvalue weighted by Gasteiger charge is -2.13. The smallest absolute Gasteiger partial charge is 0.257 e. The third-order valence-electron chi connectivity index (χ3n) is 5.75. The maximum absolute atomic E-state index is 12.7. The number of thiocarbonyl (C=S) groups is 1. The van der Waals surface area contributed by atoms with Crippen LogP contribution in [0.5, 0.6) is 5.75 Å². The molecule has 186 valence electrons. The van der Waals surface area contributed by atoms with Gasteiger partial charge in [0.2, 0.25) is 5.89 Å². The summed E-state index contributed by atoms with van der Waals surface area (Å²) in [6.45, 7) is 8.21. The number of carbonyl (C=O) groups excluding carboxylic acids is 1. The number of hydrogen-bond donors (Lipinski definition) is 2. The van der Waals surface area contributed by atoms with Crippen molar-refractivity contribution >= 4 is 51.6 Å². The minimum absolute atomic E-state index is 0.00340. The fraction of sp³-hybridized carbons (Fsp3) is 0.250. The summed E-state index contributed by atoms with van der Waals surface area (Å²) in [5.74, 6) is 1.18. The highest BCUT2D eigenvalue weighted by Crippen LogP contribution is 2.32. The van der Waals surface area contributed by atoms with Gasteiger partial charge in [0.15, 0.2) is 10.7 Å². The van der Waals surface area contributed by atoms with E-state index in [9.17, 15) is 4.79 Å². The molecule has 1 amide bonds. The maximum atomic E-state index is 12.7. The van der Waals surface area contributed by atoms with Crippen LogP contribution < -0.4 is 15.4 Å². The van der Waals surface area contributed by atoms with Gasteiger partial charge in [0.05, 0.1) is 16.8 Å². The van der Waals surface area contributed by atoms with E-state index < -0.39 is 0 Å². The lowest BCUT2D eigenvalue weighted by Crippen LogP contribution is -2.34. The van der Waals surface area contributed by atoms with Gasteiger partial charge < -0.3 is 14.5 Å². The van der Waals surface area contributed by atoms with E-state index >= 15 is 0 Å². The van der Waals surface area contributed by atoms with Crippen molar-refractivity contribution < 1.29 is 13.9 Å². The molecule has 0 aliphatic carbocycles. The van der Waals surface area contributed by atoms with Crippen LogP contribution in [0.3, 0.4) is 0 Å².